The number of rotatable bonds is 6. The second-order valence-electron chi connectivity index (χ2n) is 3.22. The predicted octanol–water partition coefficient (Wildman–Crippen LogP) is 2.97. The Labute approximate surface area is 90.5 Å². The van der Waals surface area contributed by atoms with Crippen LogP contribution in [0.3, 0.4) is 0 Å². The molecule has 0 aliphatic heterocycles. The molecule has 0 saturated carbocycles. The summed E-state index contributed by atoms with van der Waals surface area (Å²) in [4.78, 5) is 5.00. The molecule has 2 nitrogen and oxygen atoms in total. The lowest BCUT2D eigenvalue weighted by atomic mass is 10.2. The SMILES string of the molecule is FC(F)(F)CCCCNCc1cncs1. The zero-order chi connectivity index (χ0) is 11.1. The van der Waals surface area contributed by atoms with Crippen LogP contribution >= 0.6 is 11.3 Å². The molecule has 0 atom stereocenters. The summed E-state index contributed by atoms with van der Waals surface area (Å²) >= 11 is 1.54. The lowest BCUT2D eigenvalue weighted by Crippen LogP contribution is -2.15. The highest BCUT2D eigenvalue weighted by Gasteiger charge is 2.25. The van der Waals surface area contributed by atoms with Crippen molar-refractivity contribution < 1.29 is 13.2 Å². The van der Waals surface area contributed by atoms with E-state index in [1.54, 1.807) is 11.7 Å². The smallest absolute Gasteiger partial charge is 0.312 e. The number of hydrogen-bond acceptors (Lipinski definition) is 3. The van der Waals surface area contributed by atoms with Gasteiger partial charge in [0.1, 0.15) is 0 Å². The molecule has 6 heteroatoms. The summed E-state index contributed by atoms with van der Waals surface area (Å²) in [5.41, 5.74) is 1.74. The van der Waals surface area contributed by atoms with Crippen molar-refractivity contribution in [3.63, 3.8) is 0 Å². The van der Waals surface area contributed by atoms with E-state index in [1.165, 1.54) is 11.3 Å². The third-order valence-electron chi connectivity index (χ3n) is 1.85. The topological polar surface area (TPSA) is 24.9 Å². The molecule has 0 spiro atoms. The van der Waals surface area contributed by atoms with Crippen molar-refractivity contribution in [3.8, 4) is 0 Å². The maximum atomic E-state index is 11.8. The molecule has 0 unspecified atom stereocenters. The first kappa shape index (κ1) is 12.4. The molecule has 0 bridgehead atoms. The van der Waals surface area contributed by atoms with E-state index in [0.717, 1.165) is 4.88 Å². The minimum Gasteiger partial charge on any atom is -0.312 e. The van der Waals surface area contributed by atoms with Crippen LogP contribution in [0.4, 0.5) is 13.2 Å². The Kier molecular flexibility index (Phi) is 5.04. The second kappa shape index (κ2) is 6.07. The van der Waals surface area contributed by atoms with Crippen LogP contribution in [0.1, 0.15) is 24.1 Å². The Morgan fingerprint density at radius 2 is 2.13 bits per heavy atom. The first-order chi connectivity index (χ1) is 7.08. The van der Waals surface area contributed by atoms with Crippen molar-refractivity contribution in [2.75, 3.05) is 6.54 Å². The highest BCUT2D eigenvalue weighted by molar-refractivity contribution is 7.09. The highest BCUT2D eigenvalue weighted by Crippen LogP contribution is 2.21. The van der Waals surface area contributed by atoms with E-state index in [9.17, 15) is 13.2 Å². The van der Waals surface area contributed by atoms with E-state index in [4.69, 9.17) is 0 Å². The molecule has 0 saturated heterocycles. The van der Waals surface area contributed by atoms with Crippen molar-refractivity contribution in [1.82, 2.24) is 10.3 Å². The van der Waals surface area contributed by atoms with Crippen LogP contribution in [-0.4, -0.2) is 17.7 Å². The van der Waals surface area contributed by atoms with Crippen LogP contribution in [0.5, 0.6) is 0 Å². The third kappa shape index (κ3) is 6.46. The fourth-order valence-corrected chi connectivity index (χ4v) is 1.68. The molecule has 1 aromatic rings. The second-order valence-corrected chi connectivity index (χ2v) is 4.19. The summed E-state index contributed by atoms with van der Waals surface area (Å²) < 4.78 is 35.3. The molecular weight excluding hydrogens is 225 g/mol. The van der Waals surface area contributed by atoms with Gasteiger partial charge in [-0.2, -0.15) is 13.2 Å². The zero-order valence-corrected chi connectivity index (χ0v) is 9.00. The van der Waals surface area contributed by atoms with Crippen molar-refractivity contribution in [2.45, 2.75) is 32.0 Å². The number of hydrogen-bond donors (Lipinski definition) is 1. The summed E-state index contributed by atoms with van der Waals surface area (Å²) in [6, 6.07) is 0. The maximum absolute atomic E-state index is 11.8. The minimum atomic E-state index is -4.02. The fourth-order valence-electron chi connectivity index (χ4n) is 1.12. The maximum Gasteiger partial charge on any atom is 0.389 e. The Bertz CT molecular complexity index is 259. The molecule has 1 heterocycles. The number of alkyl halides is 3. The lowest BCUT2D eigenvalue weighted by molar-refractivity contribution is -0.135. The third-order valence-corrected chi connectivity index (χ3v) is 2.63. The van der Waals surface area contributed by atoms with Gasteiger partial charge in [-0.15, -0.1) is 11.3 Å². The van der Waals surface area contributed by atoms with Gasteiger partial charge >= 0.3 is 6.18 Å². The van der Waals surface area contributed by atoms with E-state index in [1.807, 2.05) is 0 Å². The van der Waals surface area contributed by atoms with E-state index in [-0.39, 0.29) is 6.42 Å². The molecule has 86 valence electrons. The Morgan fingerprint density at radius 1 is 1.33 bits per heavy atom. The van der Waals surface area contributed by atoms with Crippen molar-refractivity contribution in [3.05, 3.63) is 16.6 Å². The lowest BCUT2D eigenvalue weighted by Gasteiger charge is -2.06. The number of unbranched alkanes of at least 4 members (excludes halogenated alkanes) is 1. The quantitative estimate of drug-likeness (QED) is 0.771. The molecule has 0 aromatic carbocycles. The number of thiazole rings is 1. The number of nitrogens with zero attached hydrogens (tertiary/aromatic N) is 1. The van der Waals surface area contributed by atoms with Crippen molar-refractivity contribution in [1.29, 1.82) is 0 Å². The number of aromatic nitrogens is 1. The van der Waals surface area contributed by atoms with Gasteiger partial charge in [-0.1, -0.05) is 0 Å². The number of nitrogens with one attached hydrogen (secondary N) is 1. The van der Waals surface area contributed by atoms with Gasteiger partial charge < -0.3 is 5.32 Å². The monoisotopic (exact) mass is 238 g/mol. The average Bonchev–Trinajstić information content (AvgIpc) is 2.61. The average molecular weight is 238 g/mol. The van der Waals surface area contributed by atoms with Crippen LogP contribution in [0.15, 0.2) is 11.7 Å². The predicted molar refractivity (Wildman–Crippen MR) is 53.7 cm³/mol. The van der Waals surface area contributed by atoms with E-state index < -0.39 is 12.6 Å². The van der Waals surface area contributed by atoms with Gasteiger partial charge in [0.15, 0.2) is 0 Å². The Balaban J connectivity index is 1.94. The molecule has 1 aromatic heterocycles. The first-order valence-electron chi connectivity index (χ1n) is 4.73. The van der Waals surface area contributed by atoms with Gasteiger partial charge in [0.05, 0.1) is 5.51 Å². The molecule has 15 heavy (non-hydrogen) atoms. The van der Waals surface area contributed by atoms with Crippen LogP contribution in [0.2, 0.25) is 0 Å². The summed E-state index contributed by atoms with van der Waals surface area (Å²) in [5.74, 6) is 0. The van der Waals surface area contributed by atoms with Crippen LogP contribution < -0.4 is 5.32 Å². The van der Waals surface area contributed by atoms with E-state index >= 15 is 0 Å². The Hall–Kier alpha value is -0.620. The largest absolute Gasteiger partial charge is 0.389 e. The number of halogens is 3. The molecular formula is C9H13F3N2S. The van der Waals surface area contributed by atoms with Gasteiger partial charge in [0.25, 0.3) is 0 Å². The van der Waals surface area contributed by atoms with Gasteiger partial charge in [0, 0.05) is 24.0 Å². The van der Waals surface area contributed by atoms with Crippen molar-refractivity contribution >= 4 is 11.3 Å². The molecule has 0 fully saturated rings. The Morgan fingerprint density at radius 3 is 2.73 bits per heavy atom. The summed E-state index contributed by atoms with van der Waals surface area (Å²) in [7, 11) is 0. The van der Waals surface area contributed by atoms with E-state index in [2.05, 4.69) is 10.3 Å². The van der Waals surface area contributed by atoms with Gasteiger partial charge in [-0.25, -0.2) is 0 Å². The standard InChI is InChI=1S/C9H13F3N2S/c10-9(11,12)3-1-2-4-13-5-8-6-14-7-15-8/h6-7,13H,1-5H2. The summed E-state index contributed by atoms with van der Waals surface area (Å²) in [6.07, 6.45) is -2.20. The molecule has 0 radical (unpaired) electrons. The van der Waals surface area contributed by atoms with Crippen molar-refractivity contribution in [2.24, 2.45) is 0 Å². The molecule has 1 rings (SSSR count). The van der Waals surface area contributed by atoms with Crippen LogP contribution in [0, 0.1) is 0 Å². The fraction of sp³-hybridized carbons (Fsp3) is 0.667. The summed E-state index contributed by atoms with van der Waals surface area (Å²) in [6.45, 7) is 1.31. The first-order valence-corrected chi connectivity index (χ1v) is 5.61. The molecule has 0 amide bonds. The van der Waals surface area contributed by atoms with Crippen LogP contribution in [-0.2, 0) is 6.54 Å². The van der Waals surface area contributed by atoms with Gasteiger partial charge in [-0.3, -0.25) is 4.98 Å². The zero-order valence-electron chi connectivity index (χ0n) is 8.18. The summed E-state index contributed by atoms with van der Waals surface area (Å²) in [5, 5.41) is 3.08. The minimum absolute atomic E-state index is 0.194. The highest BCUT2D eigenvalue weighted by atomic mass is 32.1. The van der Waals surface area contributed by atoms with Crippen LogP contribution in [0.25, 0.3) is 0 Å². The molecule has 0 aliphatic rings. The normalized spacial score (nSPS) is 11.9. The molecule has 0 aliphatic carbocycles. The molecule has 1 N–H and O–H groups in total. The van der Waals surface area contributed by atoms with Gasteiger partial charge in [0.2, 0.25) is 0 Å². The van der Waals surface area contributed by atoms with E-state index in [0.29, 0.717) is 19.5 Å². The van der Waals surface area contributed by atoms with Gasteiger partial charge in [-0.05, 0) is 19.4 Å².